The lowest BCUT2D eigenvalue weighted by molar-refractivity contribution is -0.126. The summed E-state index contributed by atoms with van der Waals surface area (Å²) in [5, 5.41) is 6.73. The van der Waals surface area contributed by atoms with Gasteiger partial charge in [0, 0.05) is 24.3 Å². The van der Waals surface area contributed by atoms with Crippen molar-refractivity contribution in [2.75, 3.05) is 25.5 Å². The van der Waals surface area contributed by atoms with Crippen LogP contribution in [0.4, 0.5) is 5.69 Å². The van der Waals surface area contributed by atoms with E-state index in [4.69, 9.17) is 0 Å². The molecule has 2 heterocycles. The monoisotopic (exact) mass is 287 g/mol. The first-order valence-corrected chi connectivity index (χ1v) is 7.97. The van der Waals surface area contributed by atoms with Gasteiger partial charge in [0.25, 0.3) is 0 Å². The van der Waals surface area contributed by atoms with Crippen molar-refractivity contribution in [3.8, 4) is 0 Å². The summed E-state index contributed by atoms with van der Waals surface area (Å²) in [4.78, 5) is 14.9. The molecule has 0 aromatic heterocycles. The highest BCUT2D eigenvalue weighted by molar-refractivity contribution is 5.81. The number of amides is 1. The minimum absolute atomic E-state index is 0.0205. The molecule has 0 bridgehead atoms. The number of hydrogen-bond acceptors (Lipinski definition) is 3. The zero-order valence-electron chi connectivity index (χ0n) is 12.9. The molecule has 21 heavy (non-hydrogen) atoms. The van der Waals surface area contributed by atoms with E-state index in [2.05, 4.69) is 41.6 Å². The fourth-order valence-electron chi connectivity index (χ4n) is 3.51. The Hall–Kier alpha value is -1.55. The Morgan fingerprint density at radius 1 is 1.38 bits per heavy atom. The van der Waals surface area contributed by atoms with Crippen molar-refractivity contribution in [2.24, 2.45) is 5.92 Å². The number of likely N-dealkylation sites (N-methyl/N-ethyl adjacent to an activating group) is 1. The molecule has 4 heteroatoms. The summed E-state index contributed by atoms with van der Waals surface area (Å²) in [5.74, 6) is 0.219. The highest BCUT2D eigenvalue weighted by Gasteiger charge is 2.31. The van der Waals surface area contributed by atoms with Crippen molar-refractivity contribution in [3.05, 3.63) is 29.8 Å². The summed E-state index contributed by atoms with van der Waals surface area (Å²) in [7, 11) is 2.12. The molecule has 3 rings (SSSR count). The molecule has 3 unspecified atom stereocenters. The quantitative estimate of drug-likeness (QED) is 0.873. The lowest BCUT2D eigenvalue weighted by Crippen LogP contribution is -2.51. The minimum atomic E-state index is 0.0205. The standard InChI is InChI=1S/C17H25N3O/c1-12-15(10-13-6-3-4-8-16(13)18-12)17(21)19-14-7-5-9-20(2)11-14/h3-4,6,8,12,14-15,18H,5,7,9-11H2,1-2H3,(H,19,21). The van der Waals surface area contributed by atoms with Crippen LogP contribution >= 0.6 is 0 Å². The van der Waals surface area contributed by atoms with Crippen LogP contribution in [0.5, 0.6) is 0 Å². The first kappa shape index (κ1) is 14.4. The molecule has 1 fully saturated rings. The van der Waals surface area contributed by atoms with Gasteiger partial charge in [-0.25, -0.2) is 0 Å². The summed E-state index contributed by atoms with van der Waals surface area (Å²) in [6.45, 7) is 4.21. The number of carbonyl (C=O) groups excluding carboxylic acids is 1. The van der Waals surface area contributed by atoms with Crippen LogP contribution in [-0.4, -0.2) is 43.0 Å². The van der Waals surface area contributed by atoms with E-state index in [0.717, 1.165) is 25.9 Å². The maximum Gasteiger partial charge on any atom is 0.225 e. The predicted octanol–water partition coefficient (Wildman–Crippen LogP) is 1.87. The molecule has 2 aliphatic rings. The lowest BCUT2D eigenvalue weighted by Gasteiger charge is -2.35. The predicted molar refractivity (Wildman–Crippen MR) is 85.4 cm³/mol. The largest absolute Gasteiger partial charge is 0.382 e. The summed E-state index contributed by atoms with van der Waals surface area (Å²) in [6, 6.07) is 8.78. The van der Waals surface area contributed by atoms with Crippen LogP contribution in [0.2, 0.25) is 0 Å². The maximum absolute atomic E-state index is 12.6. The van der Waals surface area contributed by atoms with E-state index in [1.165, 1.54) is 17.7 Å². The van der Waals surface area contributed by atoms with Crippen molar-refractivity contribution >= 4 is 11.6 Å². The van der Waals surface area contributed by atoms with Gasteiger partial charge >= 0.3 is 0 Å². The number of anilines is 1. The molecule has 2 N–H and O–H groups in total. The fraction of sp³-hybridized carbons (Fsp3) is 0.588. The normalized spacial score (nSPS) is 29.3. The highest BCUT2D eigenvalue weighted by Crippen LogP contribution is 2.28. The second-order valence-electron chi connectivity index (χ2n) is 6.51. The Balaban J connectivity index is 1.65. The van der Waals surface area contributed by atoms with E-state index in [9.17, 15) is 4.79 Å². The van der Waals surface area contributed by atoms with E-state index in [1.54, 1.807) is 0 Å². The number of fused-ring (bicyclic) bond motifs is 1. The molecule has 1 aromatic rings. The average Bonchev–Trinajstić information content (AvgIpc) is 2.46. The van der Waals surface area contributed by atoms with Gasteiger partial charge in [0.15, 0.2) is 0 Å². The Morgan fingerprint density at radius 2 is 2.19 bits per heavy atom. The van der Waals surface area contributed by atoms with Crippen molar-refractivity contribution in [2.45, 2.75) is 38.3 Å². The number of piperidine rings is 1. The number of nitrogens with zero attached hydrogens (tertiary/aromatic N) is 1. The van der Waals surface area contributed by atoms with Gasteiger partial charge in [0.1, 0.15) is 0 Å². The van der Waals surface area contributed by atoms with Gasteiger partial charge in [0.05, 0.1) is 5.92 Å². The van der Waals surface area contributed by atoms with Crippen molar-refractivity contribution in [3.63, 3.8) is 0 Å². The molecule has 0 spiro atoms. The van der Waals surface area contributed by atoms with Gasteiger partial charge < -0.3 is 15.5 Å². The van der Waals surface area contributed by atoms with Gasteiger partial charge in [-0.2, -0.15) is 0 Å². The molecule has 3 atom stereocenters. The molecule has 0 saturated carbocycles. The third-order valence-corrected chi connectivity index (χ3v) is 4.75. The zero-order valence-corrected chi connectivity index (χ0v) is 12.9. The molecule has 1 aromatic carbocycles. The molecule has 1 saturated heterocycles. The summed E-state index contributed by atoms with van der Waals surface area (Å²) < 4.78 is 0. The molecular formula is C17H25N3O. The Kier molecular flexibility index (Phi) is 4.15. The number of para-hydroxylation sites is 1. The van der Waals surface area contributed by atoms with E-state index in [0.29, 0.717) is 6.04 Å². The van der Waals surface area contributed by atoms with Crippen LogP contribution < -0.4 is 10.6 Å². The van der Waals surface area contributed by atoms with Gasteiger partial charge in [-0.1, -0.05) is 18.2 Å². The van der Waals surface area contributed by atoms with E-state index >= 15 is 0 Å². The second kappa shape index (κ2) is 6.06. The minimum Gasteiger partial charge on any atom is -0.382 e. The number of hydrogen-bond donors (Lipinski definition) is 2. The third-order valence-electron chi connectivity index (χ3n) is 4.75. The fourth-order valence-corrected chi connectivity index (χ4v) is 3.51. The number of rotatable bonds is 2. The molecular weight excluding hydrogens is 262 g/mol. The second-order valence-corrected chi connectivity index (χ2v) is 6.51. The van der Waals surface area contributed by atoms with Gasteiger partial charge in [-0.3, -0.25) is 4.79 Å². The van der Waals surface area contributed by atoms with Crippen molar-refractivity contribution in [1.29, 1.82) is 0 Å². The van der Waals surface area contributed by atoms with E-state index in [1.807, 2.05) is 12.1 Å². The van der Waals surface area contributed by atoms with Gasteiger partial charge in [-0.15, -0.1) is 0 Å². The maximum atomic E-state index is 12.6. The van der Waals surface area contributed by atoms with Gasteiger partial charge in [-0.05, 0) is 51.4 Å². The molecule has 114 valence electrons. The topological polar surface area (TPSA) is 44.4 Å². The Bertz CT molecular complexity index is 517. The first-order chi connectivity index (χ1) is 10.1. The van der Waals surface area contributed by atoms with Gasteiger partial charge in [0.2, 0.25) is 5.91 Å². The number of carbonyl (C=O) groups is 1. The first-order valence-electron chi connectivity index (χ1n) is 7.97. The number of nitrogens with one attached hydrogen (secondary N) is 2. The Labute approximate surface area is 126 Å². The SMILES string of the molecule is CC1Nc2ccccc2CC1C(=O)NC1CCCN(C)C1. The van der Waals surface area contributed by atoms with Crippen LogP contribution in [-0.2, 0) is 11.2 Å². The average molecular weight is 287 g/mol. The number of benzene rings is 1. The summed E-state index contributed by atoms with van der Waals surface area (Å²) in [5.41, 5.74) is 2.42. The number of likely N-dealkylation sites (tertiary alicyclic amines) is 1. The zero-order chi connectivity index (χ0) is 14.8. The van der Waals surface area contributed by atoms with Crippen LogP contribution in [0, 0.1) is 5.92 Å². The highest BCUT2D eigenvalue weighted by atomic mass is 16.2. The van der Waals surface area contributed by atoms with E-state index in [-0.39, 0.29) is 17.9 Å². The van der Waals surface area contributed by atoms with Crippen LogP contribution in [0.3, 0.4) is 0 Å². The van der Waals surface area contributed by atoms with E-state index < -0.39 is 0 Å². The summed E-state index contributed by atoms with van der Waals surface area (Å²) >= 11 is 0. The molecule has 1 amide bonds. The third kappa shape index (κ3) is 3.21. The van der Waals surface area contributed by atoms with Crippen LogP contribution in [0.15, 0.2) is 24.3 Å². The van der Waals surface area contributed by atoms with Crippen LogP contribution in [0.1, 0.15) is 25.3 Å². The summed E-state index contributed by atoms with van der Waals surface area (Å²) in [6.07, 6.45) is 3.10. The Morgan fingerprint density at radius 3 is 3.00 bits per heavy atom. The lowest BCUT2D eigenvalue weighted by atomic mass is 9.87. The molecule has 2 aliphatic heterocycles. The van der Waals surface area contributed by atoms with Crippen molar-refractivity contribution in [1.82, 2.24) is 10.2 Å². The molecule has 4 nitrogen and oxygen atoms in total. The molecule has 0 aliphatic carbocycles. The smallest absolute Gasteiger partial charge is 0.225 e. The molecule has 0 radical (unpaired) electrons. The van der Waals surface area contributed by atoms with Crippen molar-refractivity contribution < 1.29 is 4.79 Å². The van der Waals surface area contributed by atoms with Crippen LogP contribution in [0.25, 0.3) is 0 Å².